The monoisotopic (exact) mass is 294 g/mol. The van der Waals surface area contributed by atoms with Gasteiger partial charge in [-0.15, -0.1) is 0 Å². The fraction of sp³-hybridized carbons (Fsp3) is 0.867. The van der Waals surface area contributed by atoms with Crippen LogP contribution in [0.3, 0.4) is 0 Å². The maximum Gasteiger partial charge on any atom is 0.320 e. The van der Waals surface area contributed by atoms with Crippen molar-refractivity contribution in [3.8, 4) is 0 Å². The summed E-state index contributed by atoms with van der Waals surface area (Å²) in [5.74, 6) is 0.00283. The van der Waals surface area contributed by atoms with Crippen molar-refractivity contribution in [2.24, 2.45) is 0 Å². The van der Waals surface area contributed by atoms with Crippen molar-refractivity contribution in [2.45, 2.75) is 50.6 Å². The fourth-order valence-corrected chi connectivity index (χ4v) is 3.69. The summed E-state index contributed by atoms with van der Waals surface area (Å²) < 4.78 is 0. The van der Waals surface area contributed by atoms with Gasteiger partial charge in [0.2, 0.25) is 5.91 Å². The van der Waals surface area contributed by atoms with Crippen LogP contribution in [-0.4, -0.2) is 66.5 Å². The lowest BCUT2D eigenvalue weighted by Crippen LogP contribution is -2.50. The molecular weight excluding hydrogens is 268 g/mol. The molecule has 3 amide bonds. The molecule has 6 nitrogen and oxygen atoms in total. The molecule has 118 valence electrons. The molecule has 3 fully saturated rings. The highest BCUT2D eigenvalue weighted by Crippen LogP contribution is 2.19. The summed E-state index contributed by atoms with van der Waals surface area (Å²) in [6.07, 6.45) is 7.13. The molecule has 0 aromatic carbocycles. The van der Waals surface area contributed by atoms with Crippen LogP contribution in [0, 0.1) is 0 Å². The molecule has 0 aromatic rings. The first-order valence-electron chi connectivity index (χ1n) is 8.29. The van der Waals surface area contributed by atoms with E-state index >= 15 is 0 Å². The zero-order valence-electron chi connectivity index (χ0n) is 12.6. The zero-order chi connectivity index (χ0) is 14.7. The quantitative estimate of drug-likeness (QED) is 0.747. The van der Waals surface area contributed by atoms with Crippen LogP contribution >= 0.6 is 0 Å². The number of rotatable bonds is 3. The van der Waals surface area contributed by atoms with Gasteiger partial charge in [0.25, 0.3) is 0 Å². The molecule has 1 saturated carbocycles. The third kappa shape index (κ3) is 3.48. The minimum atomic E-state index is 0.00283. The Hall–Kier alpha value is -1.30. The lowest BCUT2D eigenvalue weighted by Gasteiger charge is -2.28. The van der Waals surface area contributed by atoms with Gasteiger partial charge < -0.3 is 20.4 Å². The van der Waals surface area contributed by atoms with Crippen LogP contribution in [-0.2, 0) is 4.79 Å². The van der Waals surface area contributed by atoms with Gasteiger partial charge in [-0.2, -0.15) is 0 Å². The highest BCUT2D eigenvalue weighted by Gasteiger charge is 2.39. The summed E-state index contributed by atoms with van der Waals surface area (Å²) in [6.45, 7) is 3.33. The van der Waals surface area contributed by atoms with Gasteiger partial charge in [0.05, 0.1) is 6.04 Å². The Morgan fingerprint density at radius 3 is 2.71 bits per heavy atom. The molecule has 21 heavy (non-hydrogen) atoms. The summed E-state index contributed by atoms with van der Waals surface area (Å²) in [5, 5.41) is 6.42. The summed E-state index contributed by atoms with van der Waals surface area (Å²) in [7, 11) is 0. The van der Waals surface area contributed by atoms with Crippen LogP contribution in [0.1, 0.15) is 38.5 Å². The number of nitrogens with zero attached hydrogens (tertiary/aromatic N) is 2. The maximum atomic E-state index is 12.3. The van der Waals surface area contributed by atoms with Crippen LogP contribution in [0.2, 0.25) is 0 Å². The molecule has 1 unspecified atom stereocenters. The number of amides is 3. The highest BCUT2D eigenvalue weighted by atomic mass is 16.2. The van der Waals surface area contributed by atoms with E-state index in [-0.39, 0.29) is 24.5 Å². The molecule has 0 bridgehead atoms. The minimum absolute atomic E-state index is 0.00283. The normalized spacial score (nSPS) is 27.4. The molecule has 1 aliphatic carbocycles. The minimum Gasteiger partial charge on any atom is -0.352 e. The van der Waals surface area contributed by atoms with E-state index in [2.05, 4.69) is 10.6 Å². The molecule has 2 N–H and O–H groups in total. The number of carbonyl (C=O) groups excluding carboxylic acids is 2. The van der Waals surface area contributed by atoms with Gasteiger partial charge in [0.15, 0.2) is 0 Å². The number of fused-ring (bicyclic) bond motifs is 1. The summed E-state index contributed by atoms with van der Waals surface area (Å²) >= 11 is 0. The van der Waals surface area contributed by atoms with E-state index in [9.17, 15) is 9.59 Å². The Kier molecular flexibility index (Phi) is 4.63. The second-order valence-electron chi connectivity index (χ2n) is 6.47. The van der Waals surface area contributed by atoms with Gasteiger partial charge >= 0.3 is 6.03 Å². The van der Waals surface area contributed by atoms with Gasteiger partial charge in [-0.3, -0.25) is 4.79 Å². The molecule has 2 saturated heterocycles. The summed E-state index contributed by atoms with van der Waals surface area (Å²) in [4.78, 5) is 28.1. The molecular formula is C15H26N4O2. The van der Waals surface area contributed by atoms with E-state index in [1.54, 1.807) is 4.90 Å². The maximum absolute atomic E-state index is 12.3. The summed E-state index contributed by atoms with van der Waals surface area (Å²) in [6, 6.07) is 0.566. The Morgan fingerprint density at radius 1 is 1.24 bits per heavy atom. The van der Waals surface area contributed by atoms with Crippen LogP contribution in [0.5, 0.6) is 0 Å². The topological polar surface area (TPSA) is 64.7 Å². The number of carbonyl (C=O) groups is 2. The second kappa shape index (κ2) is 6.64. The number of hydrogen-bond donors (Lipinski definition) is 2. The Morgan fingerprint density at radius 2 is 2.00 bits per heavy atom. The van der Waals surface area contributed by atoms with Crippen molar-refractivity contribution in [3.05, 3.63) is 0 Å². The number of hydrogen-bond acceptors (Lipinski definition) is 3. The number of nitrogens with one attached hydrogen (secondary N) is 2. The SMILES string of the molecule is O=C(CN1CC2CNCCN2C1=O)NC1CCCCCC1. The average molecular weight is 294 g/mol. The molecule has 3 aliphatic rings. The van der Waals surface area contributed by atoms with Crippen LogP contribution in [0.15, 0.2) is 0 Å². The predicted molar refractivity (Wildman–Crippen MR) is 80.0 cm³/mol. The lowest BCUT2D eigenvalue weighted by molar-refractivity contribution is -0.122. The van der Waals surface area contributed by atoms with Gasteiger partial charge in [-0.1, -0.05) is 25.7 Å². The molecule has 0 spiro atoms. The lowest BCUT2D eigenvalue weighted by atomic mass is 10.1. The van der Waals surface area contributed by atoms with E-state index in [0.717, 1.165) is 32.5 Å². The second-order valence-corrected chi connectivity index (χ2v) is 6.47. The first-order valence-corrected chi connectivity index (χ1v) is 8.29. The van der Waals surface area contributed by atoms with E-state index < -0.39 is 0 Å². The molecule has 3 rings (SSSR count). The van der Waals surface area contributed by atoms with E-state index in [0.29, 0.717) is 12.6 Å². The van der Waals surface area contributed by atoms with Crippen molar-refractivity contribution in [3.63, 3.8) is 0 Å². The standard InChI is InChI=1S/C15H26N4O2/c20-14(17-12-5-3-1-2-4-6-12)11-18-10-13-9-16-7-8-19(13)15(18)21/h12-13,16H,1-11H2,(H,17,20). The van der Waals surface area contributed by atoms with Gasteiger partial charge in [-0.05, 0) is 12.8 Å². The third-order valence-electron chi connectivity index (χ3n) is 4.85. The van der Waals surface area contributed by atoms with E-state index in [1.165, 1.54) is 25.7 Å². The van der Waals surface area contributed by atoms with E-state index in [4.69, 9.17) is 0 Å². The molecule has 1 atom stereocenters. The largest absolute Gasteiger partial charge is 0.352 e. The summed E-state index contributed by atoms with van der Waals surface area (Å²) in [5.41, 5.74) is 0. The van der Waals surface area contributed by atoms with Crippen molar-refractivity contribution in [1.29, 1.82) is 0 Å². The van der Waals surface area contributed by atoms with Gasteiger partial charge in [-0.25, -0.2) is 4.79 Å². The number of piperazine rings is 1. The van der Waals surface area contributed by atoms with Crippen molar-refractivity contribution in [2.75, 3.05) is 32.7 Å². The van der Waals surface area contributed by atoms with Gasteiger partial charge in [0.1, 0.15) is 6.54 Å². The Bertz CT molecular complexity index is 393. The predicted octanol–water partition coefficient (Wildman–Crippen LogP) is 0.535. The molecule has 6 heteroatoms. The number of urea groups is 1. The molecule has 2 aliphatic heterocycles. The van der Waals surface area contributed by atoms with E-state index in [1.807, 2.05) is 4.90 Å². The van der Waals surface area contributed by atoms with Crippen molar-refractivity contribution >= 4 is 11.9 Å². The third-order valence-corrected chi connectivity index (χ3v) is 4.85. The molecule has 2 heterocycles. The molecule has 0 aromatic heterocycles. The van der Waals surface area contributed by atoms with Crippen LogP contribution < -0.4 is 10.6 Å². The van der Waals surface area contributed by atoms with Gasteiger partial charge in [0, 0.05) is 32.2 Å². The first-order chi connectivity index (χ1) is 10.2. The average Bonchev–Trinajstić information content (AvgIpc) is 2.67. The zero-order valence-corrected chi connectivity index (χ0v) is 12.6. The smallest absolute Gasteiger partial charge is 0.320 e. The first kappa shape index (κ1) is 14.6. The Balaban J connectivity index is 1.49. The fourth-order valence-electron chi connectivity index (χ4n) is 3.69. The van der Waals surface area contributed by atoms with Crippen molar-refractivity contribution in [1.82, 2.24) is 20.4 Å². The van der Waals surface area contributed by atoms with Crippen molar-refractivity contribution < 1.29 is 9.59 Å². The van der Waals surface area contributed by atoms with Crippen LogP contribution in [0.25, 0.3) is 0 Å². The Labute approximate surface area is 126 Å². The van der Waals surface area contributed by atoms with Crippen LogP contribution in [0.4, 0.5) is 4.79 Å². The highest BCUT2D eigenvalue weighted by molar-refractivity contribution is 5.85. The molecule has 0 radical (unpaired) electrons.